The number of alkyl halides is 5. The van der Waals surface area contributed by atoms with Gasteiger partial charge in [0, 0.05) is 30.3 Å². The van der Waals surface area contributed by atoms with Gasteiger partial charge in [0.15, 0.2) is 5.96 Å². The van der Waals surface area contributed by atoms with Gasteiger partial charge in [0.2, 0.25) is 5.91 Å². The monoisotopic (exact) mass is 481 g/mol. The first-order valence-corrected chi connectivity index (χ1v) is 11.8. The largest absolute Gasteiger partial charge is 0.391 e. The molecule has 190 valence electrons. The van der Waals surface area contributed by atoms with Crippen LogP contribution in [0, 0.1) is 17.8 Å². The van der Waals surface area contributed by atoms with Gasteiger partial charge in [0.05, 0.1) is 5.92 Å². The molecule has 0 aromatic carbocycles. The van der Waals surface area contributed by atoms with Gasteiger partial charge in [0.25, 0.3) is 0 Å². The first kappa shape index (κ1) is 26.1. The normalized spacial score (nSPS) is 36.5. The number of amides is 1. The van der Waals surface area contributed by atoms with Crippen LogP contribution in [0.4, 0.5) is 22.0 Å². The van der Waals surface area contributed by atoms with E-state index in [4.69, 9.17) is 0 Å². The third-order valence-corrected chi connectivity index (χ3v) is 6.69. The molecule has 2 aliphatic carbocycles. The number of guanidine groups is 1. The highest BCUT2D eigenvalue weighted by molar-refractivity contribution is 5.98. The molecule has 1 aliphatic heterocycles. The van der Waals surface area contributed by atoms with Crippen molar-refractivity contribution in [1.29, 1.82) is 0 Å². The summed E-state index contributed by atoms with van der Waals surface area (Å²) in [6, 6.07) is -0.139. The molecule has 3 fully saturated rings. The molecule has 11 heteroatoms. The minimum Gasteiger partial charge on any atom is -0.351 e. The lowest BCUT2D eigenvalue weighted by Gasteiger charge is -2.31. The second-order valence-corrected chi connectivity index (χ2v) is 10.7. The lowest BCUT2D eigenvalue weighted by atomic mass is 9.81. The van der Waals surface area contributed by atoms with Gasteiger partial charge in [-0.05, 0) is 65.2 Å². The van der Waals surface area contributed by atoms with Crippen molar-refractivity contribution in [1.82, 2.24) is 21.5 Å². The van der Waals surface area contributed by atoms with Crippen LogP contribution in [0.5, 0.6) is 0 Å². The minimum absolute atomic E-state index is 0.0468. The van der Waals surface area contributed by atoms with Crippen molar-refractivity contribution in [3.63, 3.8) is 0 Å². The number of nitrogens with one attached hydrogen (secondary N) is 4. The fourth-order valence-corrected chi connectivity index (χ4v) is 5.02. The molecule has 1 heterocycles. The fourth-order valence-electron chi connectivity index (χ4n) is 5.02. The number of halogens is 5. The van der Waals surface area contributed by atoms with Gasteiger partial charge in [-0.25, -0.2) is 19.2 Å². The molecule has 4 atom stereocenters. The van der Waals surface area contributed by atoms with Gasteiger partial charge in [-0.15, -0.1) is 0 Å². The summed E-state index contributed by atoms with van der Waals surface area (Å²) in [6.07, 6.45) is -5.60. The van der Waals surface area contributed by atoms with E-state index in [-0.39, 0.29) is 55.9 Å². The van der Waals surface area contributed by atoms with Crippen LogP contribution in [0.25, 0.3) is 0 Å². The standard InChI is InChI=1S/C22H36F5N5O/c1-21(2,3)30-20(29-19(33)12-4-6-14(7-5-12)22(25,26)27)28-18-11-17(31-32-18)13-8-15(23)10-16(24)9-13/h12-18,31-32H,4-11H2,1-3H3,(H2,28,29,30,33). The van der Waals surface area contributed by atoms with Gasteiger partial charge in [-0.2, -0.15) is 13.2 Å². The topological polar surface area (TPSA) is 77.6 Å². The molecule has 0 aromatic rings. The highest BCUT2D eigenvalue weighted by atomic mass is 19.4. The van der Waals surface area contributed by atoms with Crippen molar-refractivity contribution in [2.24, 2.45) is 22.7 Å². The molecule has 3 aliphatic rings. The average Bonchev–Trinajstić information content (AvgIpc) is 3.14. The third-order valence-electron chi connectivity index (χ3n) is 6.69. The van der Waals surface area contributed by atoms with Crippen LogP contribution in [0.15, 0.2) is 4.99 Å². The number of rotatable bonds is 3. The number of hydrazine groups is 1. The number of nitrogens with zero attached hydrogens (tertiary/aromatic N) is 1. The molecular formula is C22H36F5N5O. The first-order chi connectivity index (χ1) is 15.3. The number of hydrogen-bond acceptors (Lipinski definition) is 4. The van der Waals surface area contributed by atoms with Crippen LogP contribution in [0.1, 0.15) is 72.1 Å². The zero-order valence-electron chi connectivity index (χ0n) is 19.4. The molecule has 1 amide bonds. The molecule has 0 aromatic heterocycles. The van der Waals surface area contributed by atoms with Crippen molar-refractivity contribution in [3.8, 4) is 0 Å². The summed E-state index contributed by atoms with van der Waals surface area (Å²) in [5.74, 6) is -2.10. The van der Waals surface area contributed by atoms with E-state index < -0.39 is 42.1 Å². The first-order valence-electron chi connectivity index (χ1n) is 11.8. The Morgan fingerprint density at radius 3 is 2.06 bits per heavy atom. The van der Waals surface area contributed by atoms with Crippen LogP contribution in [0.2, 0.25) is 0 Å². The summed E-state index contributed by atoms with van der Waals surface area (Å²) in [5, 5.41) is 5.91. The molecule has 4 unspecified atom stereocenters. The summed E-state index contributed by atoms with van der Waals surface area (Å²) in [5.41, 5.74) is 5.69. The predicted octanol–water partition coefficient (Wildman–Crippen LogP) is 3.88. The summed E-state index contributed by atoms with van der Waals surface area (Å²) < 4.78 is 66.4. The highest BCUT2D eigenvalue weighted by Gasteiger charge is 2.43. The van der Waals surface area contributed by atoms with Gasteiger partial charge in [0.1, 0.15) is 18.5 Å². The smallest absolute Gasteiger partial charge is 0.351 e. The number of hydrogen-bond donors (Lipinski definition) is 4. The lowest BCUT2D eigenvalue weighted by Crippen LogP contribution is -2.52. The van der Waals surface area contributed by atoms with Crippen LogP contribution in [-0.4, -0.2) is 48.1 Å². The van der Waals surface area contributed by atoms with Crippen LogP contribution >= 0.6 is 0 Å². The Morgan fingerprint density at radius 1 is 0.909 bits per heavy atom. The molecule has 0 radical (unpaired) electrons. The SMILES string of the molecule is CC(C)(C)N/C(=N\C1CC(C2CC(F)CC(F)C2)NN1)NC(=O)C1CCC(C(F)(F)F)CC1. The Balaban J connectivity index is 1.60. The molecule has 2 saturated carbocycles. The zero-order chi connectivity index (χ0) is 24.4. The maximum Gasteiger partial charge on any atom is 0.391 e. The average molecular weight is 482 g/mol. The Bertz CT molecular complexity index is 692. The Labute approximate surface area is 191 Å². The summed E-state index contributed by atoms with van der Waals surface area (Å²) in [4.78, 5) is 17.3. The second kappa shape index (κ2) is 10.4. The van der Waals surface area contributed by atoms with Crippen molar-refractivity contribution >= 4 is 11.9 Å². The quantitative estimate of drug-likeness (QED) is 0.280. The molecule has 3 rings (SSSR count). The van der Waals surface area contributed by atoms with E-state index in [9.17, 15) is 26.7 Å². The molecule has 6 nitrogen and oxygen atoms in total. The molecular weight excluding hydrogens is 445 g/mol. The minimum atomic E-state index is -4.22. The van der Waals surface area contributed by atoms with E-state index in [0.717, 1.165) is 0 Å². The van der Waals surface area contributed by atoms with E-state index in [0.29, 0.717) is 19.3 Å². The van der Waals surface area contributed by atoms with Crippen molar-refractivity contribution < 1.29 is 26.7 Å². The Kier molecular flexibility index (Phi) is 8.24. The van der Waals surface area contributed by atoms with Gasteiger partial charge in [-0.3, -0.25) is 15.5 Å². The predicted molar refractivity (Wildman–Crippen MR) is 116 cm³/mol. The number of carbonyl (C=O) groups excluding carboxylic acids is 1. The maximum absolute atomic E-state index is 13.8. The van der Waals surface area contributed by atoms with Crippen LogP contribution < -0.4 is 21.5 Å². The highest BCUT2D eigenvalue weighted by Crippen LogP contribution is 2.39. The van der Waals surface area contributed by atoms with Gasteiger partial charge in [-0.1, -0.05) is 0 Å². The summed E-state index contributed by atoms with van der Waals surface area (Å²) >= 11 is 0. The Hall–Kier alpha value is -1.49. The third kappa shape index (κ3) is 7.77. The van der Waals surface area contributed by atoms with Crippen LogP contribution in [-0.2, 0) is 4.79 Å². The summed E-state index contributed by atoms with van der Waals surface area (Å²) in [7, 11) is 0. The fraction of sp³-hybridized carbons (Fsp3) is 0.909. The molecule has 33 heavy (non-hydrogen) atoms. The van der Waals surface area contributed by atoms with E-state index in [1.165, 1.54) is 0 Å². The molecule has 1 saturated heterocycles. The molecule has 4 N–H and O–H groups in total. The van der Waals surface area contributed by atoms with Crippen LogP contribution in [0.3, 0.4) is 0 Å². The summed E-state index contributed by atoms with van der Waals surface area (Å²) in [6.45, 7) is 5.70. The van der Waals surface area contributed by atoms with E-state index in [1.807, 2.05) is 20.8 Å². The van der Waals surface area contributed by atoms with Crippen molar-refractivity contribution in [2.45, 2.75) is 108 Å². The molecule has 0 bridgehead atoms. The Morgan fingerprint density at radius 2 is 1.52 bits per heavy atom. The molecule has 0 spiro atoms. The van der Waals surface area contributed by atoms with E-state index in [1.54, 1.807) is 0 Å². The van der Waals surface area contributed by atoms with Gasteiger partial charge >= 0.3 is 6.18 Å². The lowest BCUT2D eigenvalue weighted by molar-refractivity contribution is -0.184. The number of carbonyl (C=O) groups is 1. The van der Waals surface area contributed by atoms with Crippen molar-refractivity contribution in [2.75, 3.05) is 0 Å². The maximum atomic E-state index is 13.8. The van der Waals surface area contributed by atoms with E-state index >= 15 is 0 Å². The van der Waals surface area contributed by atoms with E-state index in [2.05, 4.69) is 26.5 Å². The zero-order valence-corrected chi connectivity index (χ0v) is 19.4. The number of aliphatic imine (C=N–C) groups is 1. The second-order valence-electron chi connectivity index (χ2n) is 10.7. The van der Waals surface area contributed by atoms with Crippen molar-refractivity contribution in [3.05, 3.63) is 0 Å². The van der Waals surface area contributed by atoms with Gasteiger partial charge < -0.3 is 5.32 Å².